The molecule has 1 aliphatic carbocycles. The van der Waals surface area contributed by atoms with Crippen molar-refractivity contribution in [1.29, 1.82) is 0 Å². The number of nitrogens with zero attached hydrogens (tertiary/aromatic N) is 4. The molecule has 2 fully saturated rings. The molecule has 0 bridgehead atoms. The van der Waals surface area contributed by atoms with E-state index in [9.17, 15) is 13.2 Å². The van der Waals surface area contributed by atoms with Crippen molar-refractivity contribution in [2.24, 2.45) is 7.05 Å². The maximum Gasteiger partial charge on any atom is 0.345 e. The maximum absolute atomic E-state index is 13.3. The second-order valence-corrected chi connectivity index (χ2v) is 10.1. The van der Waals surface area contributed by atoms with Crippen molar-refractivity contribution in [1.82, 2.24) is 18.7 Å². The number of rotatable bonds is 4. The fourth-order valence-electron chi connectivity index (χ4n) is 4.51. The summed E-state index contributed by atoms with van der Waals surface area (Å²) in [4.78, 5) is 12.8. The fourth-order valence-corrected chi connectivity index (χ4v) is 6.39. The summed E-state index contributed by atoms with van der Waals surface area (Å²) >= 11 is 0. The monoisotopic (exact) mass is 404 g/mol. The zero-order chi connectivity index (χ0) is 20.2. The first-order valence-corrected chi connectivity index (χ1v) is 11.4. The number of hydrogen-bond donors (Lipinski definition) is 0. The van der Waals surface area contributed by atoms with Crippen LogP contribution in [0.5, 0.6) is 0 Å². The van der Waals surface area contributed by atoms with E-state index in [0.717, 1.165) is 35.4 Å². The van der Waals surface area contributed by atoms with Gasteiger partial charge in [-0.1, -0.05) is 17.7 Å². The van der Waals surface area contributed by atoms with Gasteiger partial charge in [0.2, 0.25) is 10.0 Å². The third kappa shape index (κ3) is 3.22. The first-order valence-electron chi connectivity index (χ1n) is 9.93. The van der Waals surface area contributed by atoms with Crippen molar-refractivity contribution in [3.63, 3.8) is 0 Å². The lowest BCUT2D eigenvalue weighted by atomic mass is 9.97. The molecule has 2 aromatic rings. The highest BCUT2D eigenvalue weighted by Crippen LogP contribution is 2.38. The molecule has 0 spiro atoms. The highest BCUT2D eigenvalue weighted by molar-refractivity contribution is 7.89. The standard InChI is InChI=1S/C20H28N4O3S/c1-13-11-14(2)18(15(3)12-13)28(26,27)23-9-7-16(8-10-23)19-21-22(4)20(25)24(19)17-5-6-17/h11-12,16-17H,5-10H2,1-4H3. The maximum atomic E-state index is 13.3. The van der Waals surface area contributed by atoms with Gasteiger partial charge in [0.05, 0.1) is 4.90 Å². The molecule has 1 aromatic carbocycles. The van der Waals surface area contributed by atoms with E-state index in [-0.39, 0.29) is 17.6 Å². The van der Waals surface area contributed by atoms with Crippen molar-refractivity contribution in [2.75, 3.05) is 13.1 Å². The highest BCUT2D eigenvalue weighted by atomic mass is 32.2. The lowest BCUT2D eigenvalue weighted by Gasteiger charge is -2.31. The third-order valence-electron chi connectivity index (χ3n) is 5.92. The molecular weight excluding hydrogens is 376 g/mol. The summed E-state index contributed by atoms with van der Waals surface area (Å²) in [5.74, 6) is 0.955. The van der Waals surface area contributed by atoms with Crippen LogP contribution >= 0.6 is 0 Å². The Morgan fingerprint density at radius 1 is 1.00 bits per heavy atom. The molecule has 152 valence electrons. The van der Waals surface area contributed by atoms with E-state index in [2.05, 4.69) is 5.10 Å². The molecule has 0 unspecified atom stereocenters. The molecule has 0 radical (unpaired) electrons. The number of aryl methyl sites for hydroxylation is 4. The summed E-state index contributed by atoms with van der Waals surface area (Å²) in [6.45, 7) is 6.61. The average molecular weight is 405 g/mol. The Hall–Kier alpha value is -1.93. The van der Waals surface area contributed by atoms with Gasteiger partial charge in [0.1, 0.15) is 5.82 Å². The Bertz CT molecular complexity index is 1050. The summed E-state index contributed by atoms with van der Waals surface area (Å²) in [5.41, 5.74) is 2.61. The predicted molar refractivity (Wildman–Crippen MR) is 107 cm³/mol. The molecule has 0 N–H and O–H groups in total. The second kappa shape index (κ2) is 6.84. The first-order chi connectivity index (χ1) is 13.2. The predicted octanol–water partition coefficient (Wildman–Crippen LogP) is 2.41. The lowest BCUT2D eigenvalue weighted by Crippen LogP contribution is -2.39. The Labute approximate surface area is 166 Å². The fraction of sp³-hybridized carbons (Fsp3) is 0.600. The van der Waals surface area contributed by atoms with Crippen LogP contribution in [0.15, 0.2) is 21.8 Å². The molecule has 2 heterocycles. The number of sulfonamides is 1. The van der Waals surface area contributed by atoms with Gasteiger partial charge >= 0.3 is 5.69 Å². The molecule has 8 heteroatoms. The zero-order valence-electron chi connectivity index (χ0n) is 17.0. The summed E-state index contributed by atoms with van der Waals surface area (Å²) in [5, 5.41) is 4.48. The Kier molecular flexibility index (Phi) is 4.74. The van der Waals surface area contributed by atoms with Crippen LogP contribution in [0.25, 0.3) is 0 Å². The van der Waals surface area contributed by atoms with Crippen molar-refractivity contribution in [3.8, 4) is 0 Å². The minimum Gasteiger partial charge on any atom is -0.276 e. The number of benzene rings is 1. The van der Waals surface area contributed by atoms with Crippen LogP contribution in [0.4, 0.5) is 0 Å². The summed E-state index contributed by atoms with van der Waals surface area (Å²) in [6, 6.07) is 4.12. The Morgan fingerprint density at radius 2 is 1.57 bits per heavy atom. The van der Waals surface area contributed by atoms with Crippen molar-refractivity contribution < 1.29 is 8.42 Å². The quantitative estimate of drug-likeness (QED) is 0.784. The van der Waals surface area contributed by atoms with Gasteiger partial charge < -0.3 is 0 Å². The van der Waals surface area contributed by atoms with E-state index in [0.29, 0.717) is 30.8 Å². The molecule has 1 saturated heterocycles. The van der Waals surface area contributed by atoms with Crippen LogP contribution in [0.2, 0.25) is 0 Å². The smallest absolute Gasteiger partial charge is 0.276 e. The lowest BCUT2D eigenvalue weighted by molar-refractivity contribution is 0.308. The van der Waals surface area contributed by atoms with Crippen molar-refractivity contribution in [2.45, 2.75) is 63.3 Å². The molecular formula is C20H28N4O3S. The average Bonchev–Trinajstić information content (AvgIpc) is 3.40. The Morgan fingerprint density at radius 3 is 2.11 bits per heavy atom. The van der Waals surface area contributed by atoms with Gasteiger partial charge in [0.25, 0.3) is 0 Å². The van der Waals surface area contributed by atoms with Gasteiger partial charge in [0.15, 0.2) is 0 Å². The Balaban J connectivity index is 1.57. The van der Waals surface area contributed by atoms with E-state index < -0.39 is 10.0 Å². The minimum absolute atomic E-state index is 0.0570. The first kappa shape index (κ1) is 19.4. The van der Waals surface area contributed by atoms with E-state index in [1.165, 1.54) is 4.68 Å². The number of piperidine rings is 1. The van der Waals surface area contributed by atoms with Crippen LogP contribution in [-0.2, 0) is 17.1 Å². The van der Waals surface area contributed by atoms with Gasteiger partial charge in [-0.25, -0.2) is 17.9 Å². The molecule has 7 nitrogen and oxygen atoms in total. The number of hydrogen-bond acceptors (Lipinski definition) is 4. The summed E-state index contributed by atoms with van der Waals surface area (Å²) in [7, 11) is -1.84. The largest absolute Gasteiger partial charge is 0.345 e. The molecule has 1 aliphatic heterocycles. The van der Waals surface area contributed by atoms with Crippen LogP contribution in [0.1, 0.15) is 60.2 Å². The highest BCUT2D eigenvalue weighted by Gasteiger charge is 2.36. The second-order valence-electron chi connectivity index (χ2n) is 8.27. The summed E-state index contributed by atoms with van der Waals surface area (Å²) in [6.07, 6.45) is 3.42. The molecule has 0 amide bonds. The molecule has 2 aliphatic rings. The zero-order valence-corrected chi connectivity index (χ0v) is 17.8. The van der Waals surface area contributed by atoms with Crippen molar-refractivity contribution >= 4 is 10.0 Å². The minimum atomic E-state index is -3.52. The van der Waals surface area contributed by atoms with Crippen LogP contribution in [0, 0.1) is 20.8 Å². The van der Waals surface area contributed by atoms with Crippen LogP contribution < -0.4 is 5.69 Å². The van der Waals surface area contributed by atoms with Gasteiger partial charge in [0, 0.05) is 32.1 Å². The SMILES string of the molecule is Cc1cc(C)c(S(=O)(=O)N2CCC(c3nn(C)c(=O)n3C3CC3)CC2)c(C)c1. The van der Waals surface area contributed by atoms with E-state index in [1.54, 1.807) is 11.4 Å². The van der Waals surface area contributed by atoms with Gasteiger partial charge in [-0.05, 0) is 57.6 Å². The topological polar surface area (TPSA) is 77.2 Å². The molecule has 1 saturated carbocycles. The molecule has 0 atom stereocenters. The van der Waals surface area contributed by atoms with Crippen LogP contribution in [-0.4, -0.2) is 40.2 Å². The van der Waals surface area contributed by atoms with E-state index >= 15 is 0 Å². The summed E-state index contributed by atoms with van der Waals surface area (Å²) < 4.78 is 31.4. The van der Waals surface area contributed by atoms with E-state index in [4.69, 9.17) is 0 Å². The van der Waals surface area contributed by atoms with Gasteiger partial charge in [-0.3, -0.25) is 4.57 Å². The molecule has 1 aromatic heterocycles. The third-order valence-corrected chi connectivity index (χ3v) is 8.12. The van der Waals surface area contributed by atoms with Gasteiger partial charge in [-0.2, -0.15) is 9.40 Å². The molecule has 4 rings (SSSR count). The molecule has 28 heavy (non-hydrogen) atoms. The van der Waals surface area contributed by atoms with Crippen LogP contribution in [0.3, 0.4) is 0 Å². The number of aromatic nitrogens is 3. The van der Waals surface area contributed by atoms with E-state index in [1.807, 2.05) is 37.5 Å². The van der Waals surface area contributed by atoms with Gasteiger partial charge in [-0.15, -0.1) is 0 Å². The normalized spacial score (nSPS) is 19.3. The van der Waals surface area contributed by atoms with Crippen molar-refractivity contribution in [3.05, 3.63) is 45.1 Å².